The van der Waals surface area contributed by atoms with Gasteiger partial charge in [0.05, 0.1) is 25.9 Å². The summed E-state index contributed by atoms with van der Waals surface area (Å²) in [5.74, 6) is -0.0226. The minimum absolute atomic E-state index is 0. The third-order valence-corrected chi connectivity index (χ3v) is 6.46. The van der Waals surface area contributed by atoms with Crippen LogP contribution in [-0.4, -0.2) is 48.0 Å². The Bertz CT molecular complexity index is 1170. The van der Waals surface area contributed by atoms with Crippen LogP contribution in [0, 0.1) is 13.8 Å². The van der Waals surface area contributed by atoms with Gasteiger partial charge in [0, 0.05) is 18.7 Å². The number of aromatic nitrogens is 2. The number of benzene rings is 2. The van der Waals surface area contributed by atoms with E-state index in [4.69, 9.17) is 4.98 Å². The number of thiazole rings is 2. The molecule has 4 aromatic rings. The maximum Gasteiger partial charge on any atom is 0.260 e. The van der Waals surface area contributed by atoms with E-state index in [2.05, 4.69) is 35.9 Å². The van der Waals surface area contributed by atoms with Gasteiger partial charge in [-0.3, -0.25) is 9.69 Å². The zero-order valence-electron chi connectivity index (χ0n) is 16.8. The Balaban J connectivity index is 0.00000240. The molecule has 2 heterocycles. The Labute approximate surface area is 184 Å². The van der Waals surface area contributed by atoms with Crippen LogP contribution in [0.25, 0.3) is 20.4 Å². The number of aryl methyl sites for hydroxylation is 2. The monoisotopic (exact) mass is 446 g/mol. The van der Waals surface area contributed by atoms with Crippen molar-refractivity contribution in [2.24, 2.45) is 0 Å². The summed E-state index contributed by atoms with van der Waals surface area (Å²) >= 11 is 3.13. The molecule has 1 amide bonds. The normalized spacial score (nSPS) is 11.2. The van der Waals surface area contributed by atoms with Gasteiger partial charge in [-0.25, -0.2) is 9.97 Å². The quantitative estimate of drug-likeness (QED) is 0.425. The van der Waals surface area contributed by atoms with Crippen molar-refractivity contribution in [3.8, 4) is 0 Å². The number of hydrogen-bond acceptors (Lipinski definition) is 6. The third-order valence-electron chi connectivity index (χ3n) is 4.64. The molecule has 0 bridgehead atoms. The first-order chi connectivity index (χ1) is 13.4. The molecule has 0 spiro atoms. The number of fused-ring (bicyclic) bond motifs is 2. The third kappa shape index (κ3) is 4.43. The number of rotatable bonds is 5. The van der Waals surface area contributed by atoms with E-state index in [0.29, 0.717) is 12.1 Å². The maximum atomic E-state index is 13.4. The van der Waals surface area contributed by atoms with Crippen molar-refractivity contribution in [3.63, 3.8) is 0 Å². The molecule has 0 saturated heterocycles. The number of likely N-dealkylation sites (N-methyl/N-ethyl adjacent to an activating group) is 1. The zero-order chi connectivity index (χ0) is 19.8. The molecule has 0 atom stereocenters. The van der Waals surface area contributed by atoms with E-state index in [9.17, 15) is 4.79 Å². The molecule has 0 N–H and O–H groups in total. The Hall–Kier alpha value is -2.06. The fourth-order valence-electron chi connectivity index (χ4n) is 3.20. The van der Waals surface area contributed by atoms with Crippen LogP contribution >= 0.6 is 35.1 Å². The van der Waals surface area contributed by atoms with Crippen molar-refractivity contribution in [3.05, 3.63) is 52.5 Å². The lowest BCUT2D eigenvalue weighted by Crippen LogP contribution is -2.36. The molecule has 2 aromatic heterocycles. The maximum absolute atomic E-state index is 13.4. The molecule has 29 heavy (non-hydrogen) atoms. The Morgan fingerprint density at radius 3 is 2.62 bits per heavy atom. The van der Waals surface area contributed by atoms with Crippen molar-refractivity contribution in [1.82, 2.24) is 14.9 Å². The number of hydrogen-bond donors (Lipinski definition) is 0. The smallest absolute Gasteiger partial charge is 0.260 e. The predicted molar refractivity (Wildman–Crippen MR) is 126 cm³/mol. The van der Waals surface area contributed by atoms with Gasteiger partial charge in [-0.1, -0.05) is 17.4 Å². The van der Waals surface area contributed by atoms with Gasteiger partial charge in [0.2, 0.25) is 0 Å². The minimum Gasteiger partial charge on any atom is -0.308 e. The van der Waals surface area contributed by atoms with Crippen LogP contribution in [0.5, 0.6) is 0 Å². The van der Waals surface area contributed by atoms with Crippen LogP contribution in [0.3, 0.4) is 0 Å². The highest BCUT2D eigenvalue weighted by Gasteiger charge is 2.22. The van der Waals surface area contributed by atoms with Crippen molar-refractivity contribution >= 4 is 66.6 Å². The summed E-state index contributed by atoms with van der Waals surface area (Å²) in [6.07, 6.45) is 0. The van der Waals surface area contributed by atoms with Gasteiger partial charge < -0.3 is 4.90 Å². The molecule has 0 aliphatic heterocycles. The molecule has 0 fully saturated rings. The highest BCUT2D eigenvalue weighted by molar-refractivity contribution is 7.22. The Morgan fingerprint density at radius 1 is 1.07 bits per heavy atom. The molecule has 0 unspecified atom stereocenters. The molecule has 4 rings (SSSR count). The van der Waals surface area contributed by atoms with Crippen molar-refractivity contribution in [2.45, 2.75) is 13.8 Å². The second-order valence-electron chi connectivity index (χ2n) is 7.22. The lowest BCUT2D eigenvalue weighted by molar-refractivity contribution is 0.0985. The molecule has 2 aromatic carbocycles. The van der Waals surface area contributed by atoms with Gasteiger partial charge in [-0.2, -0.15) is 0 Å². The molecule has 0 saturated carbocycles. The van der Waals surface area contributed by atoms with Gasteiger partial charge in [0.25, 0.3) is 5.91 Å². The van der Waals surface area contributed by atoms with E-state index in [1.165, 1.54) is 5.56 Å². The number of carbonyl (C=O) groups is 1. The summed E-state index contributed by atoms with van der Waals surface area (Å²) in [7, 11) is 4.02. The first-order valence-corrected chi connectivity index (χ1v) is 10.8. The minimum atomic E-state index is -0.0226. The van der Waals surface area contributed by atoms with Crippen LogP contribution in [-0.2, 0) is 0 Å². The lowest BCUT2D eigenvalue weighted by atomic mass is 10.1. The van der Waals surface area contributed by atoms with Crippen LogP contribution in [0.15, 0.2) is 35.8 Å². The molecule has 8 heteroatoms. The highest BCUT2D eigenvalue weighted by Crippen LogP contribution is 2.32. The summed E-state index contributed by atoms with van der Waals surface area (Å²) in [6.45, 7) is 5.51. The van der Waals surface area contributed by atoms with E-state index in [1.807, 2.05) is 37.2 Å². The Morgan fingerprint density at radius 2 is 1.86 bits per heavy atom. The van der Waals surface area contributed by atoms with Crippen molar-refractivity contribution in [1.29, 1.82) is 0 Å². The highest BCUT2D eigenvalue weighted by atomic mass is 35.5. The number of amides is 1. The summed E-state index contributed by atoms with van der Waals surface area (Å²) in [6, 6.07) is 9.97. The van der Waals surface area contributed by atoms with Gasteiger partial charge in [-0.05, 0) is 63.3 Å². The first kappa shape index (κ1) is 21.6. The summed E-state index contributed by atoms with van der Waals surface area (Å²) < 4.78 is 2.14. The fraction of sp³-hybridized carbons (Fsp3) is 0.286. The summed E-state index contributed by atoms with van der Waals surface area (Å²) in [4.78, 5) is 26.4. The topological polar surface area (TPSA) is 49.3 Å². The largest absolute Gasteiger partial charge is 0.308 e. The van der Waals surface area contributed by atoms with E-state index in [0.717, 1.165) is 37.7 Å². The number of carbonyl (C=O) groups excluding carboxylic acids is 1. The predicted octanol–water partition coefficient (Wildman–Crippen LogP) is 5.15. The van der Waals surface area contributed by atoms with Gasteiger partial charge in [0.1, 0.15) is 0 Å². The molecule has 0 aliphatic rings. The molecular formula is C21H23ClN4OS2. The molecule has 0 radical (unpaired) electrons. The average molecular weight is 447 g/mol. The standard InChI is InChI=1S/C21H22N4OS2.ClH/c1-13-9-14(2)19-18(10-13)28-21(23-19)25(8-7-24(3)4)20(26)15-5-6-16-17(11-15)27-12-22-16;/h5-6,9-12H,7-8H2,1-4H3;1H. The number of anilines is 1. The number of halogens is 1. The molecule has 5 nitrogen and oxygen atoms in total. The molecular weight excluding hydrogens is 424 g/mol. The van der Waals surface area contributed by atoms with Crippen LogP contribution < -0.4 is 4.90 Å². The SMILES string of the molecule is Cc1cc(C)c2nc(N(CCN(C)C)C(=O)c3ccc4ncsc4c3)sc2c1.Cl. The zero-order valence-corrected chi connectivity index (χ0v) is 19.2. The van der Waals surface area contributed by atoms with Gasteiger partial charge in [-0.15, -0.1) is 23.7 Å². The fourth-order valence-corrected chi connectivity index (χ4v) is 5.08. The second-order valence-corrected chi connectivity index (χ2v) is 9.12. The second kappa shape index (κ2) is 8.75. The average Bonchev–Trinajstić information content (AvgIpc) is 3.27. The summed E-state index contributed by atoms with van der Waals surface area (Å²) in [5.41, 5.74) is 6.73. The van der Waals surface area contributed by atoms with Crippen LogP contribution in [0.1, 0.15) is 21.5 Å². The Kier molecular flexibility index (Phi) is 6.53. The molecule has 152 valence electrons. The molecule has 0 aliphatic carbocycles. The van der Waals surface area contributed by atoms with E-state index in [1.54, 1.807) is 28.2 Å². The van der Waals surface area contributed by atoms with Crippen LogP contribution in [0.4, 0.5) is 5.13 Å². The first-order valence-electron chi connectivity index (χ1n) is 9.10. The van der Waals surface area contributed by atoms with E-state index < -0.39 is 0 Å². The van der Waals surface area contributed by atoms with Crippen molar-refractivity contribution in [2.75, 3.05) is 32.1 Å². The summed E-state index contributed by atoms with van der Waals surface area (Å²) in [5, 5.41) is 0.750. The van der Waals surface area contributed by atoms with Gasteiger partial charge in [0.15, 0.2) is 5.13 Å². The van der Waals surface area contributed by atoms with Crippen molar-refractivity contribution < 1.29 is 4.79 Å². The van der Waals surface area contributed by atoms with E-state index in [-0.39, 0.29) is 18.3 Å². The van der Waals surface area contributed by atoms with Gasteiger partial charge >= 0.3 is 0 Å². The lowest BCUT2D eigenvalue weighted by Gasteiger charge is -2.22. The van der Waals surface area contributed by atoms with E-state index >= 15 is 0 Å². The van der Waals surface area contributed by atoms with Crippen LogP contribution in [0.2, 0.25) is 0 Å². The number of nitrogens with zero attached hydrogens (tertiary/aromatic N) is 4.